The van der Waals surface area contributed by atoms with Crippen LogP contribution >= 0.6 is 0 Å². The first-order chi connectivity index (χ1) is 17.9. The Labute approximate surface area is 216 Å². The van der Waals surface area contributed by atoms with Crippen molar-refractivity contribution in [1.29, 1.82) is 0 Å². The third-order valence-electron chi connectivity index (χ3n) is 6.79. The topological polar surface area (TPSA) is 88.2 Å². The Morgan fingerprint density at radius 2 is 1.76 bits per heavy atom. The third kappa shape index (κ3) is 5.55. The number of pyridine rings is 1. The van der Waals surface area contributed by atoms with Crippen LogP contribution in [0.4, 0.5) is 4.39 Å². The van der Waals surface area contributed by atoms with E-state index in [-0.39, 0.29) is 35.9 Å². The lowest BCUT2D eigenvalue weighted by Gasteiger charge is -2.22. The van der Waals surface area contributed by atoms with Crippen molar-refractivity contribution in [3.63, 3.8) is 0 Å². The summed E-state index contributed by atoms with van der Waals surface area (Å²) in [6.07, 6.45) is 1.99. The lowest BCUT2D eigenvalue weighted by molar-refractivity contribution is 0.0932. The molecule has 1 heterocycles. The second-order valence-corrected chi connectivity index (χ2v) is 11.4. The Kier molecular flexibility index (Phi) is 7.04. The van der Waals surface area contributed by atoms with Crippen molar-refractivity contribution >= 4 is 26.8 Å². The van der Waals surface area contributed by atoms with E-state index in [9.17, 15) is 17.6 Å². The molecule has 1 amide bonds. The van der Waals surface area contributed by atoms with Crippen LogP contribution in [-0.2, 0) is 16.4 Å². The fraction of sp³-hybridized carbons (Fsp3) is 0.241. The van der Waals surface area contributed by atoms with Gasteiger partial charge in [0.2, 0.25) is 10.0 Å². The second-order valence-electron chi connectivity index (χ2n) is 9.31. The molecule has 0 aliphatic heterocycles. The van der Waals surface area contributed by atoms with Gasteiger partial charge in [-0.15, -0.1) is 0 Å². The molecule has 2 N–H and O–H groups in total. The van der Waals surface area contributed by atoms with Gasteiger partial charge in [0.1, 0.15) is 5.82 Å². The van der Waals surface area contributed by atoms with E-state index in [1.54, 1.807) is 6.07 Å². The van der Waals surface area contributed by atoms with Gasteiger partial charge in [0.25, 0.3) is 5.91 Å². The molecular formula is C29H28FN3O3S. The van der Waals surface area contributed by atoms with E-state index in [1.807, 2.05) is 60.7 Å². The number of rotatable bonds is 9. The minimum Gasteiger partial charge on any atom is -0.345 e. The van der Waals surface area contributed by atoms with Crippen LogP contribution in [0.1, 0.15) is 40.4 Å². The van der Waals surface area contributed by atoms with E-state index < -0.39 is 10.0 Å². The van der Waals surface area contributed by atoms with E-state index in [4.69, 9.17) is 4.98 Å². The SMILES string of the molecule is CNS(=O)(=O)CCc1c(-c2ccccc2)nc2ccccc2c1C(=O)NC(c1cccc(F)c1)C1CC1. The predicted molar refractivity (Wildman–Crippen MR) is 143 cm³/mol. The quantitative estimate of drug-likeness (QED) is 0.327. The number of carbonyl (C=O) groups is 1. The zero-order valence-electron chi connectivity index (χ0n) is 20.4. The third-order valence-corrected chi connectivity index (χ3v) is 8.15. The predicted octanol–water partition coefficient (Wildman–Crippen LogP) is 5.01. The van der Waals surface area contributed by atoms with Gasteiger partial charge in [0.15, 0.2) is 0 Å². The maximum absolute atomic E-state index is 14.1. The molecule has 37 heavy (non-hydrogen) atoms. The molecule has 3 aromatic carbocycles. The molecule has 4 aromatic rings. The largest absolute Gasteiger partial charge is 0.345 e. The molecule has 1 aliphatic rings. The van der Waals surface area contributed by atoms with Gasteiger partial charge in [-0.1, -0.05) is 60.7 Å². The smallest absolute Gasteiger partial charge is 0.252 e. The Bertz CT molecular complexity index is 1550. The number of halogens is 1. The van der Waals surface area contributed by atoms with Crippen molar-refractivity contribution in [2.75, 3.05) is 12.8 Å². The lowest BCUT2D eigenvalue weighted by Crippen LogP contribution is -2.32. The zero-order chi connectivity index (χ0) is 26.0. The highest BCUT2D eigenvalue weighted by atomic mass is 32.2. The fourth-order valence-electron chi connectivity index (χ4n) is 4.74. The number of sulfonamides is 1. The molecule has 0 saturated heterocycles. The van der Waals surface area contributed by atoms with Crippen LogP contribution in [0.25, 0.3) is 22.2 Å². The van der Waals surface area contributed by atoms with Gasteiger partial charge in [-0.2, -0.15) is 0 Å². The van der Waals surface area contributed by atoms with E-state index in [2.05, 4.69) is 10.0 Å². The summed E-state index contributed by atoms with van der Waals surface area (Å²) in [4.78, 5) is 18.9. The van der Waals surface area contributed by atoms with Crippen LogP contribution in [0.2, 0.25) is 0 Å². The van der Waals surface area contributed by atoms with Gasteiger partial charge in [0.05, 0.1) is 28.6 Å². The summed E-state index contributed by atoms with van der Waals surface area (Å²) in [5, 5.41) is 3.81. The molecular weight excluding hydrogens is 489 g/mol. The highest BCUT2D eigenvalue weighted by molar-refractivity contribution is 7.89. The highest BCUT2D eigenvalue weighted by Crippen LogP contribution is 2.42. The monoisotopic (exact) mass is 517 g/mol. The number of aromatic nitrogens is 1. The summed E-state index contributed by atoms with van der Waals surface area (Å²) < 4.78 is 41.2. The molecule has 190 valence electrons. The number of nitrogens with zero attached hydrogens (tertiary/aromatic N) is 1. The van der Waals surface area contributed by atoms with Crippen molar-refractivity contribution in [2.45, 2.75) is 25.3 Å². The number of benzene rings is 3. The van der Waals surface area contributed by atoms with E-state index >= 15 is 0 Å². The van der Waals surface area contributed by atoms with Gasteiger partial charge < -0.3 is 5.32 Å². The number of carbonyl (C=O) groups excluding carboxylic acids is 1. The van der Waals surface area contributed by atoms with E-state index in [0.717, 1.165) is 24.0 Å². The molecule has 0 spiro atoms. The van der Waals surface area contributed by atoms with E-state index in [1.165, 1.54) is 19.2 Å². The molecule has 0 bridgehead atoms. The van der Waals surface area contributed by atoms with E-state index in [0.29, 0.717) is 27.7 Å². The Hall–Kier alpha value is -3.62. The van der Waals surface area contributed by atoms with Gasteiger partial charge >= 0.3 is 0 Å². The van der Waals surface area contributed by atoms with Crippen LogP contribution in [0.15, 0.2) is 78.9 Å². The summed E-state index contributed by atoms with van der Waals surface area (Å²) in [7, 11) is -2.16. The maximum Gasteiger partial charge on any atom is 0.252 e. The molecule has 6 nitrogen and oxygen atoms in total. The first kappa shape index (κ1) is 25.0. The van der Waals surface area contributed by atoms with Crippen molar-refractivity contribution in [3.8, 4) is 11.3 Å². The molecule has 0 radical (unpaired) electrons. The minimum absolute atomic E-state index is 0.0993. The molecule has 1 aromatic heterocycles. The molecule has 1 atom stereocenters. The zero-order valence-corrected chi connectivity index (χ0v) is 21.3. The number of nitrogens with one attached hydrogen (secondary N) is 2. The summed E-state index contributed by atoms with van der Waals surface area (Å²) in [6, 6.07) is 22.8. The van der Waals surface area contributed by atoms with Gasteiger partial charge in [-0.05, 0) is 61.6 Å². The average molecular weight is 518 g/mol. The van der Waals surface area contributed by atoms with Gasteiger partial charge in [-0.25, -0.2) is 22.5 Å². The molecule has 5 rings (SSSR count). The average Bonchev–Trinajstić information content (AvgIpc) is 3.75. The second kappa shape index (κ2) is 10.4. The number of fused-ring (bicyclic) bond motifs is 1. The normalized spacial score (nSPS) is 14.4. The Balaban J connectivity index is 1.66. The van der Waals surface area contributed by atoms with Crippen LogP contribution in [0.5, 0.6) is 0 Å². The first-order valence-corrected chi connectivity index (χ1v) is 14.0. The Morgan fingerprint density at radius 1 is 1.03 bits per heavy atom. The molecule has 1 aliphatic carbocycles. The van der Waals surface area contributed by atoms with Crippen molar-refractivity contribution in [3.05, 3.63) is 101 Å². The number of para-hydroxylation sites is 1. The summed E-state index contributed by atoms with van der Waals surface area (Å²) in [5.41, 5.74) is 3.69. The standard InChI is InChI=1S/C29H28FN3O3S/c1-31-37(35,36)17-16-24-26(29(34)33-27(20-14-15-20)21-10-7-11-22(30)18-21)23-12-5-6-13-25(23)32-28(24)19-8-3-2-4-9-19/h2-13,18,20,27,31H,14-17H2,1H3,(H,33,34). The van der Waals surface area contributed by atoms with Gasteiger partial charge in [0, 0.05) is 10.9 Å². The van der Waals surface area contributed by atoms with Crippen LogP contribution in [0.3, 0.4) is 0 Å². The number of hydrogen-bond donors (Lipinski definition) is 2. The lowest BCUT2D eigenvalue weighted by atomic mass is 9.93. The molecule has 1 fully saturated rings. The van der Waals surface area contributed by atoms with Crippen LogP contribution in [0, 0.1) is 11.7 Å². The molecule has 1 saturated carbocycles. The summed E-state index contributed by atoms with van der Waals surface area (Å²) in [6.45, 7) is 0. The first-order valence-electron chi connectivity index (χ1n) is 12.3. The highest BCUT2D eigenvalue weighted by Gasteiger charge is 2.35. The van der Waals surface area contributed by atoms with Crippen molar-refractivity contribution in [2.24, 2.45) is 5.92 Å². The number of amides is 1. The maximum atomic E-state index is 14.1. The molecule has 8 heteroatoms. The molecule has 1 unspecified atom stereocenters. The van der Waals surface area contributed by atoms with Crippen molar-refractivity contribution in [1.82, 2.24) is 15.0 Å². The van der Waals surface area contributed by atoms with Crippen LogP contribution < -0.4 is 10.0 Å². The van der Waals surface area contributed by atoms with Crippen molar-refractivity contribution < 1.29 is 17.6 Å². The fourth-order valence-corrected chi connectivity index (χ4v) is 5.42. The van der Waals surface area contributed by atoms with Gasteiger partial charge in [-0.3, -0.25) is 4.79 Å². The minimum atomic E-state index is -3.54. The summed E-state index contributed by atoms with van der Waals surface area (Å²) >= 11 is 0. The summed E-state index contributed by atoms with van der Waals surface area (Å²) in [5.74, 6) is -0.648. The number of hydrogen-bond acceptors (Lipinski definition) is 4. The Morgan fingerprint density at radius 3 is 2.46 bits per heavy atom. The van der Waals surface area contributed by atoms with Crippen LogP contribution in [-0.4, -0.2) is 32.1 Å².